The van der Waals surface area contributed by atoms with Crippen LogP contribution in [0.2, 0.25) is 0 Å². The molecule has 0 aromatic carbocycles. The Balaban J connectivity index is 0.765. The van der Waals surface area contributed by atoms with Crippen LogP contribution in [0.15, 0.2) is 11.6 Å². The summed E-state index contributed by atoms with van der Waals surface area (Å²) in [5, 5.41) is 112. The fourth-order valence-corrected chi connectivity index (χ4v) is 15.6. The average Bonchev–Trinajstić information content (AvgIpc) is 2.69. The van der Waals surface area contributed by atoms with E-state index < -0.39 is 188 Å². The zero-order valence-corrected chi connectivity index (χ0v) is 47.6. The fraction of sp³-hybridized carbons (Fsp3) is 0.964. The predicted octanol–water partition coefficient (Wildman–Crippen LogP) is -0.442. The van der Waals surface area contributed by atoms with Crippen LogP contribution in [-0.2, 0) is 66.3 Å². The van der Waals surface area contributed by atoms with E-state index in [0.717, 1.165) is 5.57 Å². The van der Waals surface area contributed by atoms with Gasteiger partial charge < -0.3 is 117 Å². The minimum absolute atomic E-state index is 0.0497. The number of hydrogen-bond acceptors (Lipinski definition) is 24. The lowest BCUT2D eigenvalue weighted by molar-refractivity contribution is -0.374. The Morgan fingerprint density at radius 1 is 0.582 bits per heavy atom. The van der Waals surface area contributed by atoms with E-state index in [1.807, 2.05) is 19.9 Å². The second-order valence-electron chi connectivity index (χ2n) is 24.6. The van der Waals surface area contributed by atoms with Gasteiger partial charge in [-0.25, -0.2) is 0 Å². The van der Waals surface area contributed by atoms with Gasteiger partial charge in [0.05, 0.1) is 73.1 Å². The number of hydrogen-bond donors (Lipinski definition) is 10. The zero-order valence-electron chi connectivity index (χ0n) is 47.6. The van der Waals surface area contributed by atoms with Gasteiger partial charge in [0.25, 0.3) is 0 Å². The Labute approximate surface area is 462 Å². The van der Waals surface area contributed by atoms with Gasteiger partial charge in [-0.15, -0.1) is 0 Å². The molecule has 5 saturated heterocycles. The maximum Gasteiger partial charge on any atom is 0.187 e. The molecule has 0 spiro atoms. The van der Waals surface area contributed by atoms with Crippen LogP contribution >= 0.6 is 0 Å². The topological polar surface area (TPSA) is 332 Å². The highest BCUT2D eigenvalue weighted by atomic mass is 16.8. The molecule has 8 fully saturated rings. The molecule has 5 aliphatic heterocycles. The molecule has 31 unspecified atom stereocenters. The van der Waals surface area contributed by atoms with Crippen molar-refractivity contribution < 1.29 is 117 Å². The first-order valence-electron chi connectivity index (χ1n) is 28.5. The van der Waals surface area contributed by atoms with Crippen LogP contribution in [0.3, 0.4) is 0 Å². The minimum Gasteiger partial charge on any atom is -0.394 e. The smallest absolute Gasteiger partial charge is 0.187 e. The summed E-state index contributed by atoms with van der Waals surface area (Å²) in [6.07, 6.45) is -17.7. The third kappa shape index (κ3) is 10.7. The fourth-order valence-electron chi connectivity index (χ4n) is 15.6. The molecule has 0 radical (unpaired) electrons. The summed E-state index contributed by atoms with van der Waals surface area (Å²) in [6.45, 7) is 11.8. The van der Waals surface area contributed by atoms with Crippen molar-refractivity contribution in [3.63, 3.8) is 0 Å². The first kappa shape index (κ1) is 62.3. The van der Waals surface area contributed by atoms with E-state index in [0.29, 0.717) is 32.1 Å². The molecule has 456 valence electrons. The lowest BCUT2D eigenvalue weighted by atomic mass is 9.42. The molecule has 0 amide bonds. The highest BCUT2D eigenvalue weighted by Gasteiger charge is 2.80. The molecule has 79 heavy (non-hydrogen) atoms. The van der Waals surface area contributed by atoms with E-state index in [1.54, 1.807) is 35.0 Å². The van der Waals surface area contributed by atoms with Crippen molar-refractivity contribution in [2.75, 3.05) is 35.0 Å². The Hall–Kier alpha value is -1.22. The van der Waals surface area contributed by atoms with Gasteiger partial charge >= 0.3 is 0 Å². The van der Waals surface area contributed by atoms with Crippen LogP contribution in [0, 0.1) is 16.7 Å². The summed E-state index contributed by atoms with van der Waals surface area (Å²) in [6, 6.07) is 0. The van der Waals surface area contributed by atoms with Gasteiger partial charge in [-0.3, -0.25) is 0 Å². The molecule has 3 saturated carbocycles. The molecule has 4 aliphatic carbocycles. The monoisotopic (exact) mass is 1140 g/mol. The maximum atomic E-state index is 12.6. The van der Waals surface area contributed by atoms with Crippen molar-refractivity contribution in [1.29, 1.82) is 0 Å². The molecule has 5 heterocycles. The number of rotatable bonds is 16. The summed E-state index contributed by atoms with van der Waals surface area (Å²) in [5.74, 6) is -0.494. The van der Waals surface area contributed by atoms with E-state index in [9.17, 15) is 51.1 Å². The summed E-state index contributed by atoms with van der Waals surface area (Å²) >= 11 is 0. The van der Waals surface area contributed by atoms with Gasteiger partial charge in [0.15, 0.2) is 31.5 Å². The lowest BCUT2D eigenvalue weighted by Gasteiger charge is -2.67. The third-order valence-corrected chi connectivity index (χ3v) is 20.5. The second kappa shape index (κ2) is 23.9. The molecular formula is C55H92O24. The molecule has 24 heteroatoms. The number of fused-ring (bicyclic) bond motifs is 5. The van der Waals surface area contributed by atoms with Crippen LogP contribution < -0.4 is 0 Å². The van der Waals surface area contributed by atoms with Crippen LogP contribution in [-0.4, -0.2) is 256 Å². The van der Waals surface area contributed by atoms with Gasteiger partial charge in [-0.1, -0.05) is 25.5 Å². The number of methoxy groups -OCH3 is 4. The largest absolute Gasteiger partial charge is 0.394 e. The SMILES string of the molecule is COC1CC(OC2CCC3(C)C(=CCC4(O)C3CC(O)C3(C)C(O)(C(C)O)CCC43O)C2)OC(C)C1OC1CC(OC)C(OC2CC(OC)C(OC3OC(C)C(OC4OC(CO)C(O)C(O)C4O)C(OC)C3O)C(C)O2)C(C)O1. The summed E-state index contributed by atoms with van der Waals surface area (Å²) in [5.41, 5.74) is -6.24. The summed E-state index contributed by atoms with van der Waals surface area (Å²) < 4.78 is 87.0. The van der Waals surface area contributed by atoms with E-state index in [1.165, 1.54) is 21.1 Å². The van der Waals surface area contributed by atoms with Crippen molar-refractivity contribution in [2.24, 2.45) is 16.7 Å². The molecule has 0 aromatic rings. The van der Waals surface area contributed by atoms with E-state index >= 15 is 0 Å². The van der Waals surface area contributed by atoms with Crippen LogP contribution in [0.1, 0.15) is 113 Å². The predicted molar refractivity (Wildman–Crippen MR) is 271 cm³/mol. The van der Waals surface area contributed by atoms with Crippen molar-refractivity contribution >= 4 is 0 Å². The summed E-state index contributed by atoms with van der Waals surface area (Å²) in [7, 11) is 6.12. The summed E-state index contributed by atoms with van der Waals surface area (Å²) in [4.78, 5) is 0. The maximum absolute atomic E-state index is 12.6. The Bertz CT molecular complexity index is 2070. The Kier molecular flexibility index (Phi) is 18.9. The molecule has 0 bridgehead atoms. The van der Waals surface area contributed by atoms with E-state index in [4.69, 9.17) is 66.3 Å². The van der Waals surface area contributed by atoms with Crippen LogP contribution in [0.5, 0.6) is 0 Å². The van der Waals surface area contributed by atoms with E-state index in [2.05, 4.69) is 6.92 Å². The first-order valence-corrected chi connectivity index (χ1v) is 28.5. The molecule has 0 aromatic heterocycles. The van der Waals surface area contributed by atoms with E-state index in [-0.39, 0.29) is 38.2 Å². The molecule has 9 aliphatic rings. The standard InChI is InChI=1S/C55H92O24/c1-24-44(31(66-8)19-37(70-24)74-30-13-14-51(6)29(18-30)12-15-54(64)35(51)22-36(58)52(7)53(63,28(5)57)16-17-55(52,54)65)76-38-20-32(67-9)45(25(2)71-38)77-39-21-33(68-10)46(26(3)72-39)78-50-43(62)48(69-11)47(27(4)73-50)79-49-42(61)41(60)40(59)34(23-56)75-49/h12,24-28,30-50,56-65H,13-23H2,1-11H3. The van der Waals surface area contributed by atoms with Gasteiger partial charge in [0, 0.05) is 53.6 Å². The molecule has 31 atom stereocenters. The van der Waals surface area contributed by atoms with Gasteiger partial charge in [0.1, 0.15) is 77.8 Å². The quantitative estimate of drug-likeness (QED) is 0.0876. The molecule has 10 N–H and O–H groups in total. The molecule has 9 rings (SSSR count). The van der Waals surface area contributed by atoms with Gasteiger partial charge in [-0.2, -0.15) is 0 Å². The lowest BCUT2D eigenvalue weighted by Crippen LogP contribution is -2.78. The van der Waals surface area contributed by atoms with Crippen molar-refractivity contribution in [1.82, 2.24) is 0 Å². The molecular weight excluding hydrogens is 1040 g/mol. The Morgan fingerprint density at radius 2 is 1.09 bits per heavy atom. The zero-order chi connectivity index (χ0) is 57.5. The Morgan fingerprint density at radius 3 is 1.61 bits per heavy atom. The second-order valence-corrected chi connectivity index (χ2v) is 24.6. The van der Waals surface area contributed by atoms with Crippen molar-refractivity contribution in [3.05, 3.63) is 11.6 Å². The first-order chi connectivity index (χ1) is 37.3. The van der Waals surface area contributed by atoms with Crippen LogP contribution in [0.25, 0.3) is 0 Å². The highest BCUT2D eigenvalue weighted by Crippen LogP contribution is 2.71. The van der Waals surface area contributed by atoms with Crippen molar-refractivity contribution in [2.45, 2.75) is 283 Å². The number of aliphatic hydroxyl groups is 10. The van der Waals surface area contributed by atoms with Gasteiger partial charge in [-0.05, 0) is 85.0 Å². The van der Waals surface area contributed by atoms with Crippen LogP contribution in [0.4, 0.5) is 0 Å². The normalized spacial score (nSPS) is 54.5. The number of ether oxygens (including phenoxy) is 14. The highest BCUT2D eigenvalue weighted by molar-refractivity contribution is 5.36. The molecule has 24 nitrogen and oxygen atoms in total. The number of aliphatic hydroxyl groups excluding tert-OH is 7. The average molecular weight is 1140 g/mol. The minimum atomic E-state index is -1.83. The van der Waals surface area contributed by atoms with Crippen molar-refractivity contribution in [3.8, 4) is 0 Å². The van der Waals surface area contributed by atoms with Gasteiger partial charge in [0.2, 0.25) is 0 Å². The third-order valence-electron chi connectivity index (χ3n) is 20.5.